The predicted molar refractivity (Wildman–Crippen MR) is 66.5 cm³/mol. The highest BCUT2D eigenvalue weighted by Gasteiger charge is 2.14. The van der Waals surface area contributed by atoms with Crippen LogP contribution < -0.4 is 10.0 Å². The van der Waals surface area contributed by atoms with Crippen LogP contribution in [0, 0.1) is 0 Å². The first-order valence-electron chi connectivity index (χ1n) is 5.27. The van der Waals surface area contributed by atoms with Crippen molar-refractivity contribution in [1.29, 1.82) is 0 Å². The third-order valence-electron chi connectivity index (χ3n) is 2.30. The Bertz CT molecular complexity index is 591. The zero-order valence-corrected chi connectivity index (χ0v) is 10.6. The van der Waals surface area contributed by atoms with Crippen LogP contribution in [0.15, 0.2) is 46.1 Å². The number of rotatable bonds is 5. The lowest BCUT2D eigenvalue weighted by Crippen LogP contribution is -2.12. The van der Waals surface area contributed by atoms with Crippen LogP contribution >= 0.6 is 0 Å². The molecule has 0 saturated heterocycles. The summed E-state index contributed by atoms with van der Waals surface area (Å²) in [5, 5.41) is 6.42. The molecule has 2 N–H and O–H groups in total. The Morgan fingerprint density at radius 3 is 2.56 bits per heavy atom. The normalized spacial score (nSPS) is 11.4. The molecule has 0 radical (unpaired) electrons. The van der Waals surface area contributed by atoms with Crippen LogP contribution in [0.3, 0.4) is 0 Å². The van der Waals surface area contributed by atoms with E-state index in [4.69, 9.17) is 0 Å². The molecule has 0 unspecified atom stereocenters. The number of benzene rings is 1. The number of sulfonamides is 1. The van der Waals surface area contributed by atoms with Gasteiger partial charge in [0.15, 0.2) is 0 Å². The number of anilines is 1. The molecule has 1 aromatic carbocycles. The van der Waals surface area contributed by atoms with E-state index in [1.807, 2.05) is 7.05 Å². The minimum absolute atomic E-state index is 0.198. The Hall–Kier alpha value is -1.86. The van der Waals surface area contributed by atoms with Crippen molar-refractivity contribution in [2.75, 3.05) is 11.8 Å². The van der Waals surface area contributed by atoms with Crippen molar-refractivity contribution in [1.82, 2.24) is 10.5 Å². The summed E-state index contributed by atoms with van der Waals surface area (Å²) < 4.78 is 30.9. The molecule has 0 aliphatic rings. The lowest BCUT2D eigenvalue weighted by molar-refractivity contribution is 0.420. The van der Waals surface area contributed by atoms with E-state index in [0.717, 1.165) is 5.56 Å². The van der Waals surface area contributed by atoms with Crippen LogP contribution in [0.25, 0.3) is 0 Å². The van der Waals surface area contributed by atoms with Crippen molar-refractivity contribution in [3.63, 3.8) is 0 Å². The maximum atomic E-state index is 12.0. The van der Waals surface area contributed by atoms with Gasteiger partial charge >= 0.3 is 0 Å². The van der Waals surface area contributed by atoms with E-state index in [2.05, 4.69) is 19.7 Å². The molecule has 96 valence electrons. The molecule has 0 amide bonds. The van der Waals surface area contributed by atoms with Gasteiger partial charge in [-0.25, -0.2) is 8.42 Å². The zero-order valence-electron chi connectivity index (χ0n) is 9.75. The summed E-state index contributed by atoms with van der Waals surface area (Å²) in [4.78, 5) is 0.198. The van der Waals surface area contributed by atoms with E-state index in [1.165, 1.54) is 12.5 Å². The van der Waals surface area contributed by atoms with Gasteiger partial charge in [-0.1, -0.05) is 17.3 Å². The van der Waals surface area contributed by atoms with Crippen LogP contribution in [0.2, 0.25) is 0 Å². The highest BCUT2D eigenvalue weighted by molar-refractivity contribution is 7.92. The maximum Gasteiger partial charge on any atom is 0.262 e. The summed E-state index contributed by atoms with van der Waals surface area (Å²) in [5.74, 6) is 0. The monoisotopic (exact) mass is 267 g/mol. The Labute approximate surface area is 105 Å². The summed E-state index contributed by atoms with van der Waals surface area (Å²) in [6.45, 7) is 0.694. The zero-order chi connectivity index (χ0) is 13.0. The molecular weight excluding hydrogens is 254 g/mol. The number of hydrogen-bond acceptors (Lipinski definition) is 5. The van der Waals surface area contributed by atoms with Gasteiger partial charge in [0.2, 0.25) is 0 Å². The van der Waals surface area contributed by atoms with Gasteiger partial charge in [-0.05, 0) is 24.7 Å². The van der Waals surface area contributed by atoms with Crippen LogP contribution in [0.4, 0.5) is 5.69 Å². The van der Waals surface area contributed by atoms with Crippen molar-refractivity contribution in [3.05, 3.63) is 42.3 Å². The fourth-order valence-corrected chi connectivity index (χ4v) is 2.48. The van der Waals surface area contributed by atoms with Crippen molar-refractivity contribution in [2.45, 2.75) is 11.4 Å². The smallest absolute Gasteiger partial charge is 0.262 e. The third-order valence-corrected chi connectivity index (χ3v) is 3.70. The lowest BCUT2D eigenvalue weighted by atomic mass is 10.2. The minimum atomic E-state index is -3.59. The summed E-state index contributed by atoms with van der Waals surface area (Å²) in [6.07, 6.45) is 2.53. The standard InChI is InChI=1S/C11H13N3O3S/c1-12-6-9-2-4-11(5-3-9)18(15,16)14-10-7-13-17-8-10/h2-5,7-8,12,14H,6H2,1H3. The van der Waals surface area contributed by atoms with E-state index in [1.54, 1.807) is 24.3 Å². The van der Waals surface area contributed by atoms with Crippen molar-refractivity contribution < 1.29 is 12.9 Å². The molecule has 7 heteroatoms. The Morgan fingerprint density at radius 1 is 1.28 bits per heavy atom. The molecule has 0 spiro atoms. The summed E-state index contributed by atoms with van der Waals surface area (Å²) in [7, 11) is -1.75. The highest BCUT2D eigenvalue weighted by Crippen LogP contribution is 2.15. The van der Waals surface area contributed by atoms with Crippen LogP contribution in [0.5, 0.6) is 0 Å². The lowest BCUT2D eigenvalue weighted by Gasteiger charge is -2.06. The van der Waals surface area contributed by atoms with Gasteiger partial charge in [-0.2, -0.15) is 0 Å². The van der Waals surface area contributed by atoms with Gasteiger partial charge in [-0.15, -0.1) is 0 Å². The van der Waals surface area contributed by atoms with Crippen molar-refractivity contribution >= 4 is 15.7 Å². The largest absolute Gasteiger partial charge is 0.362 e. The fourth-order valence-electron chi connectivity index (χ4n) is 1.46. The van der Waals surface area contributed by atoms with Crippen molar-refractivity contribution in [3.8, 4) is 0 Å². The highest BCUT2D eigenvalue weighted by atomic mass is 32.2. The minimum Gasteiger partial charge on any atom is -0.362 e. The van der Waals surface area contributed by atoms with Gasteiger partial charge < -0.3 is 9.84 Å². The molecule has 0 saturated carbocycles. The Morgan fingerprint density at radius 2 is 2.00 bits per heavy atom. The number of nitrogens with one attached hydrogen (secondary N) is 2. The van der Waals surface area contributed by atoms with E-state index >= 15 is 0 Å². The average Bonchev–Trinajstić information content (AvgIpc) is 2.82. The van der Waals surface area contributed by atoms with Crippen LogP contribution in [-0.2, 0) is 16.6 Å². The van der Waals surface area contributed by atoms with Gasteiger partial charge in [0.05, 0.1) is 11.1 Å². The molecule has 0 bridgehead atoms. The molecule has 0 fully saturated rings. The second kappa shape index (κ2) is 5.19. The topological polar surface area (TPSA) is 84.2 Å². The van der Waals surface area contributed by atoms with Gasteiger partial charge in [0.25, 0.3) is 10.0 Å². The maximum absolute atomic E-state index is 12.0. The van der Waals surface area contributed by atoms with Crippen molar-refractivity contribution in [2.24, 2.45) is 0 Å². The molecule has 0 aliphatic heterocycles. The summed E-state index contributed by atoms with van der Waals surface area (Å²) >= 11 is 0. The Kier molecular flexibility index (Phi) is 3.63. The molecule has 18 heavy (non-hydrogen) atoms. The predicted octanol–water partition coefficient (Wildman–Crippen LogP) is 1.19. The number of nitrogens with zero attached hydrogens (tertiary/aromatic N) is 1. The molecule has 1 aromatic heterocycles. The average molecular weight is 267 g/mol. The van der Waals surface area contributed by atoms with Crippen LogP contribution in [0.1, 0.15) is 5.56 Å². The van der Waals surface area contributed by atoms with Gasteiger partial charge in [0.1, 0.15) is 12.0 Å². The fraction of sp³-hybridized carbons (Fsp3) is 0.182. The molecule has 2 rings (SSSR count). The van der Waals surface area contributed by atoms with Crippen LogP contribution in [-0.4, -0.2) is 20.6 Å². The molecule has 1 heterocycles. The molecule has 0 atom stereocenters. The first-order chi connectivity index (χ1) is 8.62. The summed E-state index contributed by atoms with van der Waals surface area (Å²) in [6, 6.07) is 6.64. The third kappa shape index (κ3) is 2.88. The molecule has 6 nitrogen and oxygen atoms in total. The van der Waals surface area contributed by atoms with Gasteiger partial charge in [-0.3, -0.25) is 4.72 Å². The quantitative estimate of drug-likeness (QED) is 0.850. The Balaban J connectivity index is 2.19. The SMILES string of the molecule is CNCc1ccc(S(=O)(=O)Nc2cnoc2)cc1. The molecule has 0 aliphatic carbocycles. The second-order valence-electron chi connectivity index (χ2n) is 3.69. The molecule has 2 aromatic rings. The van der Waals surface area contributed by atoms with E-state index in [-0.39, 0.29) is 4.90 Å². The first-order valence-corrected chi connectivity index (χ1v) is 6.76. The summed E-state index contributed by atoms with van der Waals surface area (Å²) in [5.41, 5.74) is 1.32. The first kappa shape index (κ1) is 12.6. The van der Waals surface area contributed by atoms with Gasteiger partial charge in [0, 0.05) is 6.54 Å². The van der Waals surface area contributed by atoms with E-state index in [9.17, 15) is 8.42 Å². The number of aromatic nitrogens is 1. The van der Waals surface area contributed by atoms with E-state index < -0.39 is 10.0 Å². The molecular formula is C11H13N3O3S. The number of hydrogen-bond donors (Lipinski definition) is 2. The second-order valence-corrected chi connectivity index (χ2v) is 5.38. The van der Waals surface area contributed by atoms with E-state index in [0.29, 0.717) is 12.2 Å².